The van der Waals surface area contributed by atoms with Gasteiger partial charge in [0.1, 0.15) is 0 Å². The largest absolute Gasteiger partial charge is 0.465 e. The number of hydrogen-bond acceptors (Lipinski definition) is 5. The summed E-state index contributed by atoms with van der Waals surface area (Å²) < 4.78 is 10.7. The zero-order valence-corrected chi connectivity index (χ0v) is 13.9. The average Bonchev–Trinajstić information content (AvgIpc) is 3.08. The van der Waals surface area contributed by atoms with Gasteiger partial charge in [-0.25, -0.2) is 4.79 Å². The van der Waals surface area contributed by atoms with Crippen LogP contribution in [-0.2, 0) is 22.6 Å². The lowest BCUT2D eigenvalue weighted by molar-refractivity contribution is 0.0443. The van der Waals surface area contributed by atoms with E-state index in [-0.39, 0.29) is 12.1 Å². The first-order valence-corrected chi connectivity index (χ1v) is 8.16. The summed E-state index contributed by atoms with van der Waals surface area (Å²) in [5, 5.41) is 0. The Kier molecular flexibility index (Phi) is 5.56. The topological polar surface area (TPSA) is 51.7 Å². The molecule has 3 rings (SSSR count). The van der Waals surface area contributed by atoms with Gasteiger partial charge in [0.15, 0.2) is 0 Å². The van der Waals surface area contributed by atoms with Crippen LogP contribution in [0.2, 0.25) is 0 Å². The number of esters is 1. The van der Waals surface area contributed by atoms with Crippen LogP contribution in [0.4, 0.5) is 0 Å². The van der Waals surface area contributed by atoms with Crippen LogP contribution in [-0.4, -0.2) is 42.2 Å². The molecule has 5 nitrogen and oxygen atoms in total. The van der Waals surface area contributed by atoms with Crippen LogP contribution in [0.25, 0.3) is 0 Å². The fraction of sp³-hybridized carbons (Fsp3) is 0.368. The second-order valence-electron chi connectivity index (χ2n) is 5.97. The molecule has 0 spiro atoms. The number of carbonyl (C=O) groups excluding carboxylic acids is 1. The number of carbonyl (C=O) groups is 1. The monoisotopic (exact) mass is 326 g/mol. The number of benzene rings is 1. The van der Waals surface area contributed by atoms with Crippen LogP contribution in [0.3, 0.4) is 0 Å². The van der Waals surface area contributed by atoms with Gasteiger partial charge in [0.25, 0.3) is 0 Å². The molecule has 0 unspecified atom stereocenters. The molecule has 0 bridgehead atoms. The van der Waals surface area contributed by atoms with Gasteiger partial charge < -0.3 is 9.47 Å². The zero-order valence-electron chi connectivity index (χ0n) is 13.9. The molecule has 24 heavy (non-hydrogen) atoms. The minimum absolute atomic E-state index is 0.251. The summed E-state index contributed by atoms with van der Waals surface area (Å²) in [7, 11) is 1.39. The molecule has 1 aliphatic heterocycles. The van der Waals surface area contributed by atoms with Crippen LogP contribution in [0, 0.1) is 0 Å². The lowest BCUT2D eigenvalue weighted by Gasteiger charge is -2.16. The van der Waals surface area contributed by atoms with E-state index in [2.05, 4.69) is 9.88 Å². The van der Waals surface area contributed by atoms with Gasteiger partial charge >= 0.3 is 5.97 Å². The number of ether oxygens (including phenoxy) is 2. The molecule has 2 aromatic rings. The first kappa shape index (κ1) is 16.6. The van der Waals surface area contributed by atoms with Crippen molar-refractivity contribution in [1.29, 1.82) is 0 Å². The van der Waals surface area contributed by atoms with E-state index in [0.29, 0.717) is 12.2 Å². The van der Waals surface area contributed by atoms with Crippen molar-refractivity contribution in [1.82, 2.24) is 9.88 Å². The maximum atomic E-state index is 11.4. The number of nitrogens with zero attached hydrogens (tertiary/aromatic N) is 2. The van der Waals surface area contributed by atoms with Gasteiger partial charge in [-0.3, -0.25) is 9.88 Å². The van der Waals surface area contributed by atoms with Gasteiger partial charge in [0, 0.05) is 25.8 Å². The molecule has 2 heterocycles. The maximum Gasteiger partial charge on any atom is 0.337 e. The van der Waals surface area contributed by atoms with E-state index in [1.165, 1.54) is 12.7 Å². The predicted octanol–water partition coefficient (Wildman–Crippen LogP) is 2.66. The summed E-state index contributed by atoms with van der Waals surface area (Å²) in [5.74, 6) is -0.300. The van der Waals surface area contributed by atoms with Gasteiger partial charge in [-0.2, -0.15) is 0 Å². The molecule has 0 amide bonds. The average molecular weight is 326 g/mol. The Hall–Kier alpha value is -2.24. The normalized spacial score (nSPS) is 17.8. The van der Waals surface area contributed by atoms with E-state index < -0.39 is 0 Å². The summed E-state index contributed by atoms with van der Waals surface area (Å²) in [5.41, 5.74) is 2.74. The molecule has 1 atom stereocenters. The Morgan fingerprint density at radius 1 is 1.25 bits per heavy atom. The molecule has 1 fully saturated rings. The van der Waals surface area contributed by atoms with Gasteiger partial charge in [0.2, 0.25) is 0 Å². The molecule has 0 saturated carbocycles. The van der Waals surface area contributed by atoms with E-state index in [9.17, 15) is 4.79 Å². The second-order valence-corrected chi connectivity index (χ2v) is 5.97. The number of pyridine rings is 1. The third-order valence-corrected chi connectivity index (χ3v) is 4.20. The molecule has 1 aliphatic rings. The summed E-state index contributed by atoms with van der Waals surface area (Å²) in [6.45, 7) is 3.37. The van der Waals surface area contributed by atoms with E-state index >= 15 is 0 Å². The van der Waals surface area contributed by atoms with Crippen LogP contribution in [0.5, 0.6) is 0 Å². The highest BCUT2D eigenvalue weighted by molar-refractivity contribution is 5.89. The predicted molar refractivity (Wildman–Crippen MR) is 90.5 cm³/mol. The van der Waals surface area contributed by atoms with Crippen molar-refractivity contribution in [2.75, 3.05) is 20.2 Å². The van der Waals surface area contributed by atoms with Crippen LogP contribution < -0.4 is 0 Å². The maximum absolute atomic E-state index is 11.4. The minimum atomic E-state index is -0.300. The quantitative estimate of drug-likeness (QED) is 0.764. The number of methoxy groups -OCH3 is 1. The van der Waals surface area contributed by atoms with E-state index in [4.69, 9.17) is 9.47 Å². The van der Waals surface area contributed by atoms with Crippen molar-refractivity contribution >= 4 is 5.97 Å². The molecule has 0 N–H and O–H groups in total. The molecule has 1 aromatic heterocycles. The molecule has 1 aromatic carbocycles. The van der Waals surface area contributed by atoms with Crippen LogP contribution >= 0.6 is 0 Å². The van der Waals surface area contributed by atoms with Gasteiger partial charge in [-0.05, 0) is 36.2 Å². The summed E-state index contributed by atoms with van der Waals surface area (Å²) in [6.07, 6.45) is 3.08. The van der Waals surface area contributed by atoms with Crippen molar-refractivity contribution < 1.29 is 14.3 Å². The number of rotatable bonds is 6. The van der Waals surface area contributed by atoms with Crippen molar-refractivity contribution in [3.05, 3.63) is 65.5 Å². The van der Waals surface area contributed by atoms with Gasteiger partial charge in [-0.1, -0.05) is 18.2 Å². The molecule has 0 radical (unpaired) electrons. The highest BCUT2D eigenvalue weighted by atomic mass is 16.5. The van der Waals surface area contributed by atoms with Crippen LogP contribution in [0.15, 0.2) is 48.7 Å². The zero-order chi connectivity index (χ0) is 16.8. The highest BCUT2D eigenvalue weighted by Gasteiger charge is 2.23. The number of hydrogen-bond donors (Lipinski definition) is 0. The van der Waals surface area contributed by atoms with Crippen molar-refractivity contribution in [3.8, 4) is 0 Å². The number of likely N-dealkylation sites (tertiary alicyclic amines) is 1. The van der Waals surface area contributed by atoms with Crippen LogP contribution in [0.1, 0.15) is 28.0 Å². The minimum Gasteiger partial charge on any atom is -0.465 e. The summed E-state index contributed by atoms with van der Waals surface area (Å²) in [6, 6.07) is 13.5. The Morgan fingerprint density at radius 2 is 2.08 bits per heavy atom. The molecule has 1 saturated heterocycles. The van der Waals surface area contributed by atoms with E-state index in [0.717, 1.165) is 31.7 Å². The fourth-order valence-electron chi connectivity index (χ4n) is 2.89. The van der Waals surface area contributed by atoms with Gasteiger partial charge in [0.05, 0.1) is 31.1 Å². The highest BCUT2D eigenvalue weighted by Crippen LogP contribution is 2.17. The first-order chi connectivity index (χ1) is 11.7. The number of aromatic nitrogens is 1. The third kappa shape index (κ3) is 4.40. The molecule has 5 heteroatoms. The standard InChI is InChI=1S/C19H22N2O3/c1-23-19(22)16-7-5-15(6-8-16)12-21-11-9-18(13-21)24-14-17-4-2-3-10-20-17/h2-8,10,18H,9,11-14H2,1H3/t18-/m0/s1. The third-order valence-electron chi connectivity index (χ3n) is 4.20. The van der Waals surface area contributed by atoms with E-state index in [1.807, 2.05) is 42.5 Å². The molecule has 126 valence electrons. The van der Waals surface area contributed by atoms with Crippen molar-refractivity contribution in [3.63, 3.8) is 0 Å². The fourth-order valence-corrected chi connectivity index (χ4v) is 2.89. The van der Waals surface area contributed by atoms with Gasteiger partial charge in [-0.15, -0.1) is 0 Å². The first-order valence-electron chi connectivity index (χ1n) is 8.16. The van der Waals surface area contributed by atoms with E-state index in [1.54, 1.807) is 6.20 Å². The Morgan fingerprint density at radius 3 is 2.79 bits per heavy atom. The molecule has 0 aliphatic carbocycles. The second kappa shape index (κ2) is 8.04. The lowest BCUT2D eigenvalue weighted by Crippen LogP contribution is -2.23. The smallest absolute Gasteiger partial charge is 0.337 e. The molecular formula is C19H22N2O3. The Labute approximate surface area is 142 Å². The SMILES string of the molecule is COC(=O)c1ccc(CN2CC[C@H](OCc3ccccn3)C2)cc1. The molecular weight excluding hydrogens is 304 g/mol. The Bertz CT molecular complexity index is 658. The van der Waals surface area contributed by atoms with Crippen molar-refractivity contribution in [2.24, 2.45) is 0 Å². The lowest BCUT2D eigenvalue weighted by atomic mass is 10.1. The Balaban J connectivity index is 1.46. The summed E-state index contributed by atoms with van der Waals surface area (Å²) in [4.78, 5) is 18.1. The summed E-state index contributed by atoms with van der Waals surface area (Å²) >= 11 is 0. The van der Waals surface area contributed by atoms with Crippen molar-refractivity contribution in [2.45, 2.75) is 25.7 Å².